The number of carbonyl (C=O) groups excluding carboxylic acids is 1. The number of carbonyl (C=O) groups is 1. The first-order valence-corrected chi connectivity index (χ1v) is 5.76. The maximum absolute atomic E-state index is 11.3. The Kier molecular flexibility index (Phi) is 5.20. The fourth-order valence-corrected chi connectivity index (χ4v) is 1.38. The second-order valence-corrected chi connectivity index (χ2v) is 3.85. The number of benzene rings is 1. The van der Waals surface area contributed by atoms with Crippen LogP contribution >= 0.6 is 0 Å². The number of amides is 1. The number of nitrogens with one attached hydrogen (secondary N) is 1. The molecule has 0 saturated carbocycles. The van der Waals surface area contributed by atoms with Crippen LogP contribution in [0.3, 0.4) is 0 Å². The van der Waals surface area contributed by atoms with Crippen LogP contribution in [0.1, 0.15) is 38.7 Å². The van der Waals surface area contributed by atoms with Crippen LogP contribution in [0.15, 0.2) is 29.4 Å². The van der Waals surface area contributed by atoms with E-state index >= 15 is 0 Å². The summed E-state index contributed by atoms with van der Waals surface area (Å²) in [5, 5.41) is 13.6. The molecule has 0 aliphatic carbocycles. The average Bonchev–Trinajstić information content (AvgIpc) is 2.34. The number of para-hydroxylation sites is 1. The molecule has 0 fully saturated rings. The van der Waals surface area contributed by atoms with Crippen LogP contribution in [0.4, 0.5) is 0 Å². The molecule has 4 nitrogen and oxygen atoms in total. The molecule has 92 valence electrons. The molecular weight excluding hydrogens is 216 g/mol. The number of hydrazone groups is 1. The fraction of sp³-hybridized carbons (Fsp3) is 0.385. The van der Waals surface area contributed by atoms with Crippen molar-refractivity contribution in [3.63, 3.8) is 0 Å². The Bertz CT molecular complexity index is 414. The van der Waals surface area contributed by atoms with Crippen LogP contribution in [0.25, 0.3) is 0 Å². The Morgan fingerprint density at radius 3 is 2.76 bits per heavy atom. The summed E-state index contributed by atoms with van der Waals surface area (Å²) in [6.07, 6.45) is 2.32. The molecule has 0 radical (unpaired) electrons. The first kappa shape index (κ1) is 13.2. The van der Waals surface area contributed by atoms with Gasteiger partial charge in [-0.05, 0) is 25.5 Å². The minimum absolute atomic E-state index is 0.0957. The van der Waals surface area contributed by atoms with Crippen molar-refractivity contribution < 1.29 is 9.90 Å². The number of hydrogen-bond donors (Lipinski definition) is 2. The maximum Gasteiger partial charge on any atom is 0.240 e. The minimum atomic E-state index is -0.0957. The lowest BCUT2D eigenvalue weighted by Crippen LogP contribution is -2.18. The van der Waals surface area contributed by atoms with Gasteiger partial charge in [0.1, 0.15) is 5.75 Å². The largest absolute Gasteiger partial charge is 0.507 e. The molecule has 17 heavy (non-hydrogen) atoms. The molecule has 0 saturated heterocycles. The van der Waals surface area contributed by atoms with E-state index in [-0.39, 0.29) is 11.7 Å². The Morgan fingerprint density at radius 2 is 2.12 bits per heavy atom. The lowest BCUT2D eigenvalue weighted by atomic mass is 10.1. The third-order valence-corrected chi connectivity index (χ3v) is 2.40. The van der Waals surface area contributed by atoms with Gasteiger partial charge in [-0.15, -0.1) is 0 Å². The second-order valence-electron chi connectivity index (χ2n) is 3.85. The summed E-state index contributed by atoms with van der Waals surface area (Å²) in [4.78, 5) is 11.3. The van der Waals surface area contributed by atoms with Crippen molar-refractivity contribution in [2.45, 2.75) is 33.1 Å². The van der Waals surface area contributed by atoms with Crippen molar-refractivity contribution in [1.82, 2.24) is 5.43 Å². The lowest BCUT2D eigenvalue weighted by Gasteiger charge is -2.04. The molecule has 0 heterocycles. The van der Waals surface area contributed by atoms with E-state index in [0.29, 0.717) is 17.7 Å². The van der Waals surface area contributed by atoms with Gasteiger partial charge in [0.2, 0.25) is 5.91 Å². The van der Waals surface area contributed by atoms with Gasteiger partial charge in [0.25, 0.3) is 0 Å². The molecule has 0 aliphatic rings. The number of hydrogen-bond acceptors (Lipinski definition) is 3. The third kappa shape index (κ3) is 4.26. The summed E-state index contributed by atoms with van der Waals surface area (Å²) >= 11 is 0. The summed E-state index contributed by atoms with van der Waals surface area (Å²) in [5.41, 5.74) is 3.70. The summed E-state index contributed by atoms with van der Waals surface area (Å²) in [7, 11) is 0. The molecule has 0 aromatic heterocycles. The zero-order valence-corrected chi connectivity index (χ0v) is 10.2. The Morgan fingerprint density at radius 1 is 1.41 bits per heavy atom. The minimum Gasteiger partial charge on any atom is -0.507 e. The van der Waals surface area contributed by atoms with E-state index in [0.717, 1.165) is 12.8 Å². The van der Waals surface area contributed by atoms with E-state index in [2.05, 4.69) is 10.5 Å². The Hall–Kier alpha value is -1.84. The van der Waals surface area contributed by atoms with Crippen LogP contribution in [0.2, 0.25) is 0 Å². The first-order valence-electron chi connectivity index (χ1n) is 5.76. The van der Waals surface area contributed by atoms with E-state index in [1.807, 2.05) is 13.0 Å². The highest BCUT2D eigenvalue weighted by molar-refractivity contribution is 6.01. The third-order valence-electron chi connectivity index (χ3n) is 2.40. The van der Waals surface area contributed by atoms with Crippen LogP contribution in [-0.2, 0) is 4.79 Å². The molecule has 0 bridgehead atoms. The molecule has 1 aromatic carbocycles. The predicted octanol–water partition coefficient (Wildman–Crippen LogP) is 2.42. The molecule has 1 amide bonds. The van der Waals surface area contributed by atoms with Gasteiger partial charge in [0.15, 0.2) is 0 Å². The van der Waals surface area contributed by atoms with Crippen LogP contribution in [-0.4, -0.2) is 16.7 Å². The van der Waals surface area contributed by atoms with Crippen molar-refractivity contribution in [3.05, 3.63) is 29.8 Å². The number of unbranched alkanes of at least 4 members (excludes halogenated alkanes) is 1. The van der Waals surface area contributed by atoms with Gasteiger partial charge >= 0.3 is 0 Å². The molecule has 1 rings (SSSR count). The number of aromatic hydroxyl groups is 1. The molecule has 0 atom stereocenters. The highest BCUT2D eigenvalue weighted by Gasteiger charge is 2.04. The van der Waals surface area contributed by atoms with Crippen molar-refractivity contribution in [3.8, 4) is 5.75 Å². The zero-order chi connectivity index (χ0) is 12.7. The average molecular weight is 234 g/mol. The van der Waals surface area contributed by atoms with Gasteiger partial charge in [-0.3, -0.25) is 4.79 Å². The van der Waals surface area contributed by atoms with Crippen molar-refractivity contribution in [2.24, 2.45) is 5.10 Å². The molecule has 4 heteroatoms. The highest BCUT2D eigenvalue weighted by Crippen LogP contribution is 2.16. The summed E-state index contributed by atoms with van der Waals surface area (Å²) in [6.45, 7) is 3.78. The maximum atomic E-state index is 11.3. The molecule has 1 aromatic rings. The number of phenolic OH excluding ortho intramolecular Hbond substituents is 1. The highest BCUT2D eigenvalue weighted by atomic mass is 16.3. The van der Waals surface area contributed by atoms with E-state index in [1.54, 1.807) is 25.1 Å². The van der Waals surface area contributed by atoms with E-state index in [9.17, 15) is 9.90 Å². The Balaban J connectivity index is 2.61. The zero-order valence-electron chi connectivity index (χ0n) is 10.2. The van der Waals surface area contributed by atoms with Gasteiger partial charge in [0, 0.05) is 12.0 Å². The monoisotopic (exact) mass is 234 g/mol. The molecule has 0 spiro atoms. The van der Waals surface area contributed by atoms with E-state index in [1.165, 1.54) is 0 Å². The number of nitrogens with zero attached hydrogens (tertiary/aromatic N) is 1. The number of rotatable bonds is 5. The van der Waals surface area contributed by atoms with Crippen LogP contribution < -0.4 is 5.43 Å². The van der Waals surface area contributed by atoms with Crippen molar-refractivity contribution >= 4 is 11.6 Å². The molecule has 0 aliphatic heterocycles. The SMILES string of the molecule is CCCCC(=O)N/N=C(\C)c1ccccc1O. The summed E-state index contributed by atoms with van der Waals surface area (Å²) < 4.78 is 0. The van der Waals surface area contributed by atoms with Crippen LogP contribution in [0.5, 0.6) is 5.75 Å². The topological polar surface area (TPSA) is 61.7 Å². The Labute approximate surface area is 101 Å². The van der Waals surface area contributed by atoms with Gasteiger partial charge in [0.05, 0.1) is 5.71 Å². The standard InChI is InChI=1S/C13H18N2O2/c1-3-4-9-13(17)15-14-10(2)11-7-5-6-8-12(11)16/h5-8,16H,3-4,9H2,1-2H3,(H,15,17)/b14-10+. The van der Waals surface area contributed by atoms with E-state index < -0.39 is 0 Å². The predicted molar refractivity (Wildman–Crippen MR) is 68.0 cm³/mol. The summed E-state index contributed by atoms with van der Waals surface area (Å²) in [5.74, 6) is 0.0678. The smallest absolute Gasteiger partial charge is 0.240 e. The van der Waals surface area contributed by atoms with Crippen molar-refractivity contribution in [1.29, 1.82) is 0 Å². The van der Waals surface area contributed by atoms with E-state index in [4.69, 9.17) is 0 Å². The fourth-order valence-electron chi connectivity index (χ4n) is 1.38. The second kappa shape index (κ2) is 6.68. The molecule has 0 unspecified atom stereocenters. The van der Waals surface area contributed by atoms with Gasteiger partial charge < -0.3 is 5.11 Å². The van der Waals surface area contributed by atoms with Gasteiger partial charge in [-0.2, -0.15) is 5.10 Å². The molecular formula is C13H18N2O2. The summed E-state index contributed by atoms with van der Waals surface area (Å²) in [6, 6.07) is 6.90. The normalized spacial score (nSPS) is 11.3. The first-order chi connectivity index (χ1) is 8.15. The van der Waals surface area contributed by atoms with Crippen molar-refractivity contribution in [2.75, 3.05) is 0 Å². The lowest BCUT2D eigenvalue weighted by molar-refractivity contribution is -0.121. The quantitative estimate of drug-likeness (QED) is 0.607. The van der Waals surface area contributed by atoms with Gasteiger partial charge in [-0.25, -0.2) is 5.43 Å². The van der Waals surface area contributed by atoms with Gasteiger partial charge in [-0.1, -0.05) is 25.5 Å². The van der Waals surface area contributed by atoms with Crippen LogP contribution in [0, 0.1) is 0 Å². The molecule has 2 N–H and O–H groups in total. The number of phenols is 1.